The standard InChI is InChI=1S/C24H25F3N4O3/c1-16-19-4-2-3-5-20(19)23(33)31(29-16)15-22(32)28-14-21(30-10-12-34-13-11-30)17-6-8-18(9-7-17)24(25,26)27/h2-9,21H,10-15H2,1H3,(H,28,32). The van der Waals surface area contributed by atoms with Gasteiger partial charge >= 0.3 is 6.18 Å². The molecule has 4 rings (SSSR count). The number of amides is 1. The maximum Gasteiger partial charge on any atom is 0.416 e. The molecule has 7 nitrogen and oxygen atoms in total. The number of aromatic nitrogens is 2. The number of nitrogens with zero attached hydrogens (tertiary/aromatic N) is 3. The van der Waals surface area contributed by atoms with Gasteiger partial charge in [-0.15, -0.1) is 0 Å². The van der Waals surface area contributed by atoms with Crippen LogP contribution in [0.15, 0.2) is 53.3 Å². The lowest BCUT2D eigenvalue weighted by molar-refractivity contribution is -0.137. The molecule has 10 heteroatoms. The molecule has 2 aromatic carbocycles. The second-order valence-corrected chi connectivity index (χ2v) is 8.18. The van der Waals surface area contributed by atoms with E-state index in [1.165, 1.54) is 12.1 Å². The Hall–Kier alpha value is -3.24. The molecule has 1 amide bonds. The quantitative estimate of drug-likeness (QED) is 0.595. The molecule has 1 saturated heterocycles. The molecule has 1 unspecified atom stereocenters. The van der Waals surface area contributed by atoms with E-state index in [-0.39, 0.29) is 24.7 Å². The highest BCUT2D eigenvalue weighted by Crippen LogP contribution is 2.31. The SMILES string of the molecule is Cc1nn(CC(=O)NCC(c2ccc(C(F)(F)F)cc2)N2CCOCC2)c(=O)c2ccccc12. The molecule has 1 atom stereocenters. The van der Waals surface area contributed by atoms with Crippen LogP contribution in [0.25, 0.3) is 10.8 Å². The minimum absolute atomic E-state index is 0.172. The maximum atomic E-state index is 13.0. The number of hydrogen-bond acceptors (Lipinski definition) is 5. The molecule has 2 heterocycles. The smallest absolute Gasteiger partial charge is 0.379 e. The van der Waals surface area contributed by atoms with Crippen LogP contribution < -0.4 is 10.9 Å². The third kappa shape index (κ3) is 5.28. The fourth-order valence-electron chi connectivity index (χ4n) is 4.16. The summed E-state index contributed by atoms with van der Waals surface area (Å²) in [5.41, 5.74) is 0.216. The van der Waals surface area contributed by atoms with Gasteiger partial charge in [-0.05, 0) is 30.7 Å². The molecular weight excluding hydrogens is 449 g/mol. The topological polar surface area (TPSA) is 76.5 Å². The predicted octanol–water partition coefficient (Wildman–Crippen LogP) is 2.91. The Kier molecular flexibility index (Phi) is 6.99. The van der Waals surface area contributed by atoms with E-state index < -0.39 is 17.6 Å². The van der Waals surface area contributed by atoms with Crippen molar-refractivity contribution in [3.8, 4) is 0 Å². The van der Waals surface area contributed by atoms with Crippen molar-refractivity contribution in [2.75, 3.05) is 32.8 Å². The van der Waals surface area contributed by atoms with Crippen molar-refractivity contribution < 1.29 is 22.7 Å². The van der Waals surface area contributed by atoms with Crippen molar-refractivity contribution in [2.45, 2.75) is 25.7 Å². The number of benzene rings is 2. The Balaban J connectivity index is 1.50. The summed E-state index contributed by atoms with van der Waals surface area (Å²) in [6.45, 7) is 3.87. The van der Waals surface area contributed by atoms with Gasteiger partial charge in [0.1, 0.15) is 6.54 Å². The molecule has 1 aliphatic heterocycles. The number of carbonyl (C=O) groups is 1. The minimum atomic E-state index is -4.42. The van der Waals surface area contributed by atoms with Gasteiger partial charge in [0.05, 0.1) is 35.9 Å². The summed E-state index contributed by atoms with van der Waals surface area (Å²) in [7, 11) is 0. The molecule has 0 aliphatic carbocycles. The normalized spacial score (nSPS) is 15.9. The molecule has 0 spiro atoms. The lowest BCUT2D eigenvalue weighted by atomic mass is 10.0. The molecule has 0 bridgehead atoms. The number of ether oxygens (including phenoxy) is 1. The molecule has 3 aromatic rings. The van der Waals surface area contributed by atoms with Crippen molar-refractivity contribution in [3.63, 3.8) is 0 Å². The predicted molar refractivity (Wildman–Crippen MR) is 120 cm³/mol. The number of morpholine rings is 1. The largest absolute Gasteiger partial charge is 0.416 e. The van der Waals surface area contributed by atoms with Crippen LogP contribution in [-0.2, 0) is 22.3 Å². The van der Waals surface area contributed by atoms with E-state index in [0.717, 1.165) is 22.2 Å². The van der Waals surface area contributed by atoms with E-state index in [0.29, 0.717) is 42.9 Å². The molecule has 180 valence electrons. The second-order valence-electron chi connectivity index (χ2n) is 8.18. The third-order valence-corrected chi connectivity index (χ3v) is 5.95. The number of alkyl halides is 3. The maximum absolute atomic E-state index is 13.0. The second kappa shape index (κ2) is 9.94. The summed E-state index contributed by atoms with van der Waals surface area (Å²) in [6, 6.07) is 11.7. The van der Waals surface area contributed by atoms with E-state index in [2.05, 4.69) is 15.3 Å². The Morgan fingerprint density at radius 1 is 1.09 bits per heavy atom. The van der Waals surface area contributed by atoms with Crippen molar-refractivity contribution in [3.05, 3.63) is 75.7 Å². The first-order valence-electron chi connectivity index (χ1n) is 11.0. The lowest BCUT2D eigenvalue weighted by Gasteiger charge is -2.35. The number of carbonyl (C=O) groups excluding carboxylic acids is 1. The number of aryl methyl sites for hydroxylation is 1. The van der Waals surface area contributed by atoms with Gasteiger partial charge in [-0.3, -0.25) is 14.5 Å². The van der Waals surface area contributed by atoms with Gasteiger partial charge < -0.3 is 10.1 Å². The van der Waals surface area contributed by atoms with Crippen molar-refractivity contribution in [1.82, 2.24) is 20.0 Å². The van der Waals surface area contributed by atoms with E-state index >= 15 is 0 Å². The Bertz CT molecular complexity index is 1220. The van der Waals surface area contributed by atoms with Gasteiger partial charge in [0, 0.05) is 25.0 Å². The molecular formula is C24H25F3N4O3. The number of rotatable bonds is 6. The summed E-state index contributed by atoms with van der Waals surface area (Å²) in [5.74, 6) is -0.408. The fraction of sp³-hybridized carbons (Fsp3) is 0.375. The van der Waals surface area contributed by atoms with Gasteiger partial charge in [-0.25, -0.2) is 4.68 Å². The summed E-state index contributed by atoms with van der Waals surface area (Å²) in [6.07, 6.45) is -4.42. The zero-order chi connectivity index (χ0) is 24.3. The van der Waals surface area contributed by atoms with Gasteiger partial charge in [0.2, 0.25) is 5.91 Å². The highest BCUT2D eigenvalue weighted by atomic mass is 19.4. The fourth-order valence-corrected chi connectivity index (χ4v) is 4.16. The Morgan fingerprint density at radius 3 is 2.38 bits per heavy atom. The lowest BCUT2D eigenvalue weighted by Crippen LogP contribution is -2.44. The van der Waals surface area contributed by atoms with E-state index in [9.17, 15) is 22.8 Å². The van der Waals surface area contributed by atoms with Crippen molar-refractivity contribution in [2.24, 2.45) is 0 Å². The Labute approximate surface area is 194 Å². The first-order chi connectivity index (χ1) is 16.2. The van der Waals surface area contributed by atoms with Crippen LogP contribution in [-0.4, -0.2) is 53.4 Å². The van der Waals surface area contributed by atoms with E-state index in [4.69, 9.17) is 4.74 Å². The molecule has 1 N–H and O–H groups in total. The number of fused-ring (bicyclic) bond motifs is 1. The average molecular weight is 474 g/mol. The monoisotopic (exact) mass is 474 g/mol. The van der Waals surface area contributed by atoms with Crippen LogP contribution in [0.1, 0.15) is 22.9 Å². The van der Waals surface area contributed by atoms with Crippen molar-refractivity contribution in [1.29, 1.82) is 0 Å². The molecule has 34 heavy (non-hydrogen) atoms. The van der Waals surface area contributed by atoms with Crippen LogP contribution in [0, 0.1) is 6.92 Å². The highest BCUT2D eigenvalue weighted by Gasteiger charge is 2.31. The van der Waals surface area contributed by atoms with Crippen LogP contribution in [0.3, 0.4) is 0 Å². The van der Waals surface area contributed by atoms with Gasteiger partial charge in [-0.1, -0.05) is 30.3 Å². The number of halogens is 3. The number of hydrogen-bond donors (Lipinski definition) is 1. The molecule has 0 radical (unpaired) electrons. The molecule has 1 aliphatic rings. The summed E-state index contributed by atoms with van der Waals surface area (Å²) >= 11 is 0. The van der Waals surface area contributed by atoms with Gasteiger partial charge in [0.15, 0.2) is 0 Å². The Morgan fingerprint density at radius 2 is 1.74 bits per heavy atom. The summed E-state index contributed by atoms with van der Waals surface area (Å²) in [4.78, 5) is 27.5. The van der Waals surface area contributed by atoms with E-state index in [1.807, 2.05) is 6.07 Å². The first-order valence-corrected chi connectivity index (χ1v) is 11.0. The van der Waals surface area contributed by atoms with Gasteiger partial charge in [-0.2, -0.15) is 18.3 Å². The molecule has 1 aromatic heterocycles. The van der Waals surface area contributed by atoms with Crippen LogP contribution in [0.4, 0.5) is 13.2 Å². The van der Waals surface area contributed by atoms with Crippen LogP contribution in [0.5, 0.6) is 0 Å². The summed E-state index contributed by atoms with van der Waals surface area (Å²) in [5, 5.41) is 8.30. The zero-order valence-electron chi connectivity index (χ0n) is 18.6. The number of nitrogens with one attached hydrogen (secondary N) is 1. The highest BCUT2D eigenvalue weighted by molar-refractivity contribution is 5.83. The first kappa shape index (κ1) is 23.9. The molecule has 0 saturated carbocycles. The third-order valence-electron chi connectivity index (χ3n) is 5.95. The van der Waals surface area contributed by atoms with Gasteiger partial charge in [0.25, 0.3) is 5.56 Å². The average Bonchev–Trinajstić information content (AvgIpc) is 2.83. The molecule has 1 fully saturated rings. The van der Waals surface area contributed by atoms with Crippen LogP contribution in [0.2, 0.25) is 0 Å². The van der Waals surface area contributed by atoms with Crippen LogP contribution >= 0.6 is 0 Å². The minimum Gasteiger partial charge on any atom is -0.379 e. The zero-order valence-corrected chi connectivity index (χ0v) is 18.6. The van der Waals surface area contributed by atoms with E-state index in [1.54, 1.807) is 25.1 Å². The van der Waals surface area contributed by atoms with Crippen molar-refractivity contribution >= 4 is 16.7 Å². The summed E-state index contributed by atoms with van der Waals surface area (Å²) < 4.78 is 45.5.